The zero-order valence-corrected chi connectivity index (χ0v) is 13.6. The highest BCUT2D eigenvalue weighted by atomic mass is 16.2. The summed E-state index contributed by atoms with van der Waals surface area (Å²) in [5.41, 5.74) is 6.12. The lowest BCUT2D eigenvalue weighted by Crippen LogP contribution is -2.43. The molecule has 0 aliphatic heterocycles. The van der Waals surface area contributed by atoms with Crippen LogP contribution in [0.1, 0.15) is 58.8 Å². The summed E-state index contributed by atoms with van der Waals surface area (Å²) < 4.78 is 0. The molecule has 1 fully saturated rings. The standard InChI is InChI=1S/C16H31N3O2/c1-3-9-18-15(20)12-19(10-4-2)16(21)11-13-7-5-6-8-14(13)17/h13-14H,3-12,17H2,1-2H3,(H,18,20). The first kappa shape index (κ1) is 18.0. The first-order valence-corrected chi connectivity index (χ1v) is 8.38. The molecule has 1 rings (SSSR count). The Morgan fingerprint density at radius 3 is 2.52 bits per heavy atom. The molecule has 0 heterocycles. The van der Waals surface area contributed by atoms with Crippen LogP contribution in [-0.4, -0.2) is 42.4 Å². The zero-order valence-electron chi connectivity index (χ0n) is 13.6. The Morgan fingerprint density at radius 1 is 1.19 bits per heavy atom. The van der Waals surface area contributed by atoms with E-state index in [1.165, 1.54) is 6.42 Å². The predicted molar refractivity (Wildman–Crippen MR) is 84.7 cm³/mol. The molecular formula is C16H31N3O2. The molecule has 0 spiro atoms. The Bertz CT molecular complexity index is 333. The number of carbonyl (C=O) groups excluding carboxylic acids is 2. The Balaban J connectivity index is 2.49. The van der Waals surface area contributed by atoms with Gasteiger partial charge in [-0.3, -0.25) is 9.59 Å². The molecular weight excluding hydrogens is 266 g/mol. The summed E-state index contributed by atoms with van der Waals surface area (Å²) in [6.45, 7) is 5.52. The first-order chi connectivity index (χ1) is 10.1. The van der Waals surface area contributed by atoms with Crippen LogP contribution < -0.4 is 11.1 Å². The number of hydrogen-bond acceptors (Lipinski definition) is 3. The van der Waals surface area contributed by atoms with E-state index >= 15 is 0 Å². The molecule has 5 heteroatoms. The fourth-order valence-corrected chi connectivity index (χ4v) is 2.90. The lowest BCUT2D eigenvalue weighted by molar-refractivity contribution is -0.137. The van der Waals surface area contributed by atoms with Gasteiger partial charge in [-0.25, -0.2) is 0 Å². The van der Waals surface area contributed by atoms with Crippen LogP contribution in [0.15, 0.2) is 0 Å². The molecule has 0 aromatic heterocycles. The minimum atomic E-state index is -0.0633. The SMILES string of the molecule is CCCNC(=O)CN(CCC)C(=O)CC1CCCCC1N. The van der Waals surface area contributed by atoms with Crippen molar-refractivity contribution in [2.75, 3.05) is 19.6 Å². The van der Waals surface area contributed by atoms with E-state index in [1.807, 2.05) is 13.8 Å². The second kappa shape index (κ2) is 9.77. The topological polar surface area (TPSA) is 75.4 Å². The fourth-order valence-electron chi connectivity index (χ4n) is 2.90. The van der Waals surface area contributed by atoms with E-state index in [4.69, 9.17) is 5.73 Å². The van der Waals surface area contributed by atoms with Gasteiger partial charge in [-0.2, -0.15) is 0 Å². The van der Waals surface area contributed by atoms with Gasteiger partial charge in [-0.1, -0.05) is 26.7 Å². The third-order valence-electron chi connectivity index (χ3n) is 4.16. The average molecular weight is 297 g/mol. The van der Waals surface area contributed by atoms with E-state index in [0.717, 1.165) is 32.1 Å². The monoisotopic (exact) mass is 297 g/mol. The third kappa shape index (κ3) is 6.46. The van der Waals surface area contributed by atoms with Gasteiger partial charge >= 0.3 is 0 Å². The molecule has 0 radical (unpaired) electrons. The van der Waals surface area contributed by atoms with Gasteiger partial charge in [-0.05, 0) is 31.6 Å². The molecule has 21 heavy (non-hydrogen) atoms. The molecule has 0 aromatic rings. The van der Waals surface area contributed by atoms with Crippen molar-refractivity contribution in [3.8, 4) is 0 Å². The van der Waals surface area contributed by atoms with Crippen molar-refractivity contribution in [1.29, 1.82) is 0 Å². The summed E-state index contributed by atoms with van der Waals surface area (Å²) in [6, 6.07) is 0.139. The fraction of sp³-hybridized carbons (Fsp3) is 0.875. The van der Waals surface area contributed by atoms with Crippen LogP contribution in [0.5, 0.6) is 0 Å². The summed E-state index contributed by atoms with van der Waals surface area (Å²) in [5, 5.41) is 2.83. The van der Waals surface area contributed by atoms with Gasteiger partial charge in [0.05, 0.1) is 6.54 Å². The number of carbonyl (C=O) groups is 2. The number of nitrogens with two attached hydrogens (primary N) is 1. The predicted octanol–water partition coefficient (Wildman–Crippen LogP) is 1.66. The Labute approximate surface area is 128 Å². The summed E-state index contributed by atoms with van der Waals surface area (Å²) >= 11 is 0. The number of nitrogens with one attached hydrogen (secondary N) is 1. The van der Waals surface area contributed by atoms with Gasteiger partial charge in [-0.15, -0.1) is 0 Å². The molecule has 0 saturated heterocycles. The Hall–Kier alpha value is -1.10. The van der Waals surface area contributed by atoms with E-state index in [-0.39, 0.29) is 30.3 Å². The van der Waals surface area contributed by atoms with Gasteiger partial charge in [0.1, 0.15) is 0 Å². The van der Waals surface area contributed by atoms with Gasteiger partial charge in [0, 0.05) is 25.6 Å². The van der Waals surface area contributed by atoms with Gasteiger partial charge in [0.15, 0.2) is 0 Å². The summed E-state index contributed by atoms with van der Waals surface area (Å²) in [6.07, 6.45) is 6.65. The van der Waals surface area contributed by atoms with Crippen molar-refractivity contribution in [2.24, 2.45) is 11.7 Å². The Kier molecular flexibility index (Phi) is 8.35. The van der Waals surface area contributed by atoms with Crippen molar-refractivity contribution in [3.63, 3.8) is 0 Å². The number of rotatable bonds is 8. The van der Waals surface area contributed by atoms with Crippen molar-refractivity contribution in [3.05, 3.63) is 0 Å². The van der Waals surface area contributed by atoms with Crippen molar-refractivity contribution in [2.45, 2.75) is 64.8 Å². The van der Waals surface area contributed by atoms with Crippen LogP contribution in [0.4, 0.5) is 0 Å². The van der Waals surface area contributed by atoms with Crippen molar-refractivity contribution >= 4 is 11.8 Å². The average Bonchev–Trinajstić information content (AvgIpc) is 2.47. The van der Waals surface area contributed by atoms with Crippen LogP contribution in [0, 0.1) is 5.92 Å². The van der Waals surface area contributed by atoms with E-state index < -0.39 is 0 Å². The first-order valence-electron chi connectivity index (χ1n) is 8.38. The number of nitrogens with zero attached hydrogens (tertiary/aromatic N) is 1. The highest BCUT2D eigenvalue weighted by molar-refractivity contribution is 5.84. The smallest absolute Gasteiger partial charge is 0.239 e. The molecule has 2 atom stereocenters. The molecule has 1 aliphatic carbocycles. The number of amides is 2. The molecule has 2 unspecified atom stereocenters. The maximum absolute atomic E-state index is 12.4. The normalized spacial score (nSPS) is 21.9. The second-order valence-electron chi connectivity index (χ2n) is 6.08. The quantitative estimate of drug-likeness (QED) is 0.715. The summed E-state index contributed by atoms with van der Waals surface area (Å²) in [4.78, 5) is 26.0. The largest absolute Gasteiger partial charge is 0.355 e. The molecule has 122 valence electrons. The van der Waals surface area contributed by atoms with E-state index in [1.54, 1.807) is 4.90 Å². The Morgan fingerprint density at radius 2 is 1.90 bits per heavy atom. The van der Waals surface area contributed by atoms with E-state index in [2.05, 4.69) is 5.32 Å². The van der Waals surface area contributed by atoms with Crippen LogP contribution in [0.3, 0.4) is 0 Å². The highest BCUT2D eigenvalue weighted by Gasteiger charge is 2.26. The molecule has 0 aromatic carbocycles. The molecule has 3 N–H and O–H groups in total. The zero-order chi connectivity index (χ0) is 15.7. The number of hydrogen-bond donors (Lipinski definition) is 2. The van der Waals surface area contributed by atoms with Crippen molar-refractivity contribution < 1.29 is 9.59 Å². The van der Waals surface area contributed by atoms with Gasteiger partial charge in [0.25, 0.3) is 0 Å². The second-order valence-corrected chi connectivity index (χ2v) is 6.08. The van der Waals surface area contributed by atoms with Crippen molar-refractivity contribution in [1.82, 2.24) is 10.2 Å². The molecule has 1 saturated carbocycles. The molecule has 5 nitrogen and oxygen atoms in total. The highest BCUT2D eigenvalue weighted by Crippen LogP contribution is 2.26. The summed E-state index contributed by atoms with van der Waals surface area (Å²) in [7, 11) is 0. The minimum absolute atomic E-state index is 0.0633. The molecule has 0 bridgehead atoms. The van der Waals surface area contributed by atoms with Crippen LogP contribution in [0.2, 0.25) is 0 Å². The lowest BCUT2D eigenvalue weighted by Gasteiger charge is -2.30. The summed E-state index contributed by atoms with van der Waals surface area (Å²) in [5.74, 6) is 0.293. The lowest BCUT2D eigenvalue weighted by atomic mass is 9.82. The maximum Gasteiger partial charge on any atom is 0.239 e. The third-order valence-corrected chi connectivity index (χ3v) is 4.16. The van der Waals surface area contributed by atoms with Crippen LogP contribution in [-0.2, 0) is 9.59 Å². The minimum Gasteiger partial charge on any atom is -0.355 e. The van der Waals surface area contributed by atoms with E-state index in [9.17, 15) is 9.59 Å². The van der Waals surface area contributed by atoms with Gasteiger partial charge < -0.3 is 16.0 Å². The van der Waals surface area contributed by atoms with Gasteiger partial charge in [0.2, 0.25) is 11.8 Å². The van der Waals surface area contributed by atoms with Crippen LogP contribution >= 0.6 is 0 Å². The molecule has 2 amide bonds. The van der Waals surface area contributed by atoms with Crippen LogP contribution in [0.25, 0.3) is 0 Å². The molecule has 1 aliphatic rings. The van der Waals surface area contributed by atoms with E-state index in [0.29, 0.717) is 19.5 Å². The maximum atomic E-state index is 12.4.